The van der Waals surface area contributed by atoms with E-state index in [2.05, 4.69) is 20.4 Å². The van der Waals surface area contributed by atoms with Crippen LogP contribution in [0, 0.1) is 0 Å². The van der Waals surface area contributed by atoms with E-state index in [4.69, 9.17) is 4.74 Å². The molecule has 2 heterocycles. The highest BCUT2D eigenvalue weighted by Gasteiger charge is 2.29. The van der Waals surface area contributed by atoms with Gasteiger partial charge in [-0.25, -0.2) is 4.79 Å². The lowest BCUT2D eigenvalue weighted by molar-refractivity contribution is -0.133. The van der Waals surface area contributed by atoms with Crippen LogP contribution in [0.25, 0.3) is 0 Å². The van der Waals surface area contributed by atoms with Gasteiger partial charge in [0, 0.05) is 37.2 Å². The lowest BCUT2D eigenvalue weighted by Crippen LogP contribution is -2.45. The van der Waals surface area contributed by atoms with Crippen LogP contribution in [0.5, 0.6) is 11.5 Å². The number of hydrogen-bond donors (Lipinski definition) is 2. The second-order valence-electron chi connectivity index (χ2n) is 10.3. The highest BCUT2D eigenvalue weighted by molar-refractivity contribution is 5.99. The Bertz CT molecular complexity index is 1230. The third-order valence-electron chi connectivity index (χ3n) is 7.49. The molecule has 1 unspecified atom stereocenters. The van der Waals surface area contributed by atoms with E-state index in [0.717, 1.165) is 44.0 Å². The number of nitrogens with one attached hydrogen (secondary N) is 2. The molecule has 0 saturated carbocycles. The summed E-state index contributed by atoms with van der Waals surface area (Å²) in [4.78, 5) is 31.9. The number of anilines is 3. The minimum atomic E-state index is -0.311. The average molecular weight is 528 g/mol. The fourth-order valence-corrected chi connectivity index (χ4v) is 5.20. The van der Waals surface area contributed by atoms with E-state index in [9.17, 15) is 9.59 Å². The number of ether oxygens (including phenoxy) is 1. The van der Waals surface area contributed by atoms with Gasteiger partial charge in [0.15, 0.2) is 0 Å². The molecule has 1 atom stereocenters. The third-order valence-corrected chi connectivity index (χ3v) is 7.49. The smallest absolute Gasteiger partial charge is 0.323 e. The van der Waals surface area contributed by atoms with Crippen LogP contribution >= 0.6 is 0 Å². The monoisotopic (exact) mass is 527 g/mol. The van der Waals surface area contributed by atoms with Crippen molar-refractivity contribution in [2.24, 2.45) is 0 Å². The summed E-state index contributed by atoms with van der Waals surface area (Å²) in [5, 5.41) is 5.74. The summed E-state index contributed by atoms with van der Waals surface area (Å²) in [7, 11) is 1.94. The molecule has 2 N–H and O–H groups in total. The Hall–Kier alpha value is -4.04. The van der Waals surface area contributed by atoms with Gasteiger partial charge in [0.25, 0.3) is 0 Å². The Balaban J connectivity index is 1.08. The van der Waals surface area contributed by atoms with Crippen LogP contribution in [0.4, 0.5) is 21.9 Å². The molecule has 2 aliphatic rings. The molecule has 5 rings (SSSR count). The SMILES string of the molecule is CN(C(=O)CN1CCCCC1)C1CCN(c2ccc(NC(=O)Nc3ccc(Oc4ccccc4)cc3)cc2)C1. The molecule has 3 aromatic carbocycles. The molecule has 0 spiro atoms. The van der Waals surface area contributed by atoms with Gasteiger partial charge >= 0.3 is 6.03 Å². The van der Waals surface area contributed by atoms with Crippen LogP contribution in [-0.4, -0.2) is 67.6 Å². The number of likely N-dealkylation sites (N-methyl/N-ethyl adjacent to an activating group) is 1. The van der Waals surface area contributed by atoms with E-state index in [0.29, 0.717) is 23.7 Å². The Morgan fingerprint density at radius 1 is 0.821 bits per heavy atom. The van der Waals surface area contributed by atoms with E-state index in [1.807, 2.05) is 78.7 Å². The maximum atomic E-state index is 12.8. The van der Waals surface area contributed by atoms with Crippen LogP contribution in [0.15, 0.2) is 78.9 Å². The summed E-state index contributed by atoms with van der Waals surface area (Å²) in [6, 6.07) is 24.6. The maximum Gasteiger partial charge on any atom is 0.323 e. The highest BCUT2D eigenvalue weighted by atomic mass is 16.5. The van der Waals surface area contributed by atoms with Crippen molar-refractivity contribution in [2.45, 2.75) is 31.7 Å². The van der Waals surface area contributed by atoms with Gasteiger partial charge in [-0.3, -0.25) is 9.69 Å². The molecule has 2 saturated heterocycles. The Morgan fingerprint density at radius 3 is 2.10 bits per heavy atom. The van der Waals surface area contributed by atoms with E-state index in [1.165, 1.54) is 19.3 Å². The number of carbonyl (C=O) groups is 2. The minimum absolute atomic E-state index is 0.215. The van der Waals surface area contributed by atoms with Crippen LogP contribution < -0.4 is 20.3 Å². The van der Waals surface area contributed by atoms with Gasteiger partial charge in [0.2, 0.25) is 5.91 Å². The fourth-order valence-electron chi connectivity index (χ4n) is 5.20. The van der Waals surface area contributed by atoms with Crippen molar-refractivity contribution >= 4 is 29.0 Å². The number of rotatable bonds is 8. The summed E-state index contributed by atoms with van der Waals surface area (Å²) in [6.45, 7) is 4.32. The number of hydrogen-bond acceptors (Lipinski definition) is 5. The van der Waals surface area contributed by atoms with E-state index < -0.39 is 0 Å². The maximum absolute atomic E-state index is 12.8. The molecule has 8 heteroatoms. The summed E-state index contributed by atoms with van der Waals surface area (Å²) in [6.07, 6.45) is 4.62. The number of para-hydroxylation sites is 1. The molecule has 2 aliphatic heterocycles. The minimum Gasteiger partial charge on any atom is -0.457 e. The van der Waals surface area contributed by atoms with Gasteiger partial charge in [-0.2, -0.15) is 0 Å². The number of urea groups is 1. The number of carbonyl (C=O) groups excluding carboxylic acids is 2. The van der Waals surface area contributed by atoms with Crippen LogP contribution in [0.2, 0.25) is 0 Å². The van der Waals surface area contributed by atoms with Gasteiger partial charge in [0.05, 0.1) is 12.6 Å². The number of likely N-dealkylation sites (tertiary alicyclic amines) is 1. The molecule has 8 nitrogen and oxygen atoms in total. The second kappa shape index (κ2) is 12.7. The van der Waals surface area contributed by atoms with Crippen molar-refractivity contribution in [3.8, 4) is 11.5 Å². The third kappa shape index (κ3) is 7.29. The van der Waals surface area contributed by atoms with Gasteiger partial charge in [-0.1, -0.05) is 24.6 Å². The van der Waals surface area contributed by atoms with Gasteiger partial charge in [-0.15, -0.1) is 0 Å². The fraction of sp³-hybridized carbons (Fsp3) is 0.355. The van der Waals surface area contributed by atoms with Crippen LogP contribution in [-0.2, 0) is 4.79 Å². The summed E-state index contributed by atoms with van der Waals surface area (Å²) >= 11 is 0. The van der Waals surface area contributed by atoms with E-state index >= 15 is 0 Å². The predicted molar refractivity (Wildman–Crippen MR) is 156 cm³/mol. The van der Waals surface area contributed by atoms with Crippen molar-refractivity contribution in [2.75, 3.05) is 55.3 Å². The lowest BCUT2D eigenvalue weighted by Gasteiger charge is -2.30. The zero-order valence-electron chi connectivity index (χ0n) is 22.5. The van der Waals surface area contributed by atoms with Gasteiger partial charge in [-0.05, 0) is 93.0 Å². The molecule has 3 aromatic rings. The molecule has 0 bridgehead atoms. The number of amides is 3. The Labute approximate surface area is 230 Å². The first-order valence-electron chi connectivity index (χ1n) is 13.8. The quantitative estimate of drug-likeness (QED) is 0.396. The molecular formula is C31H37N5O3. The van der Waals surface area contributed by atoms with Crippen molar-refractivity contribution in [1.29, 1.82) is 0 Å². The number of nitrogens with zero attached hydrogens (tertiary/aromatic N) is 3. The molecule has 39 heavy (non-hydrogen) atoms. The lowest BCUT2D eigenvalue weighted by atomic mass is 10.1. The Morgan fingerprint density at radius 2 is 1.44 bits per heavy atom. The standard InChI is InChI=1S/C31H37N5O3/c1-34(30(37)23-35-19-6-3-7-20-35)27-18-21-36(22-27)26-14-10-24(11-15-26)32-31(38)33-25-12-16-29(17-13-25)39-28-8-4-2-5-9-28/h2,4-5,8-17,27H,3,6-7,18-23H2,1H3,(H2,32,33,38). The van der Waals surface area contributed by atoms with Crippen molar-refractivity contribution in [3.05, 3.63) is 78.9 Å². The number of piperidine rings is 1. The van der Waals surface area contributed by atoms with Crippen molar-refractivity contribution < 1.29 is 14.3 Å². The second-order valence-corrected chi connectivity index (χ2v) is 10.3. The van der Waals surface area contributed by atoms with Crippen molar-refractivity contribution in [3.63, 3.8) is 0 Å². The van der Waals surface area contributed by atoms with Crippen LogP contribution in [0.3, 0.4) is 0 Å². The summed E-state index contributed by atoms with van der Waals surface area (Å²) < 4.78 is 5.80. The van der Waals surface area contributed by atoms with Crippen molar-refractivity contribution in [1.82, 2.24) is 9.80 Å². The molecule has 2 fully saturated rings. The van der Waals surface area contributed by atoms with E-state index in [-0.39, 0.29) is 18.0 Å². The van der Waals surface area contributed by atoms with Gasteiger partial charge in [0.1, 0.15) is 11.5 Å². The molecular weight excluding hydrogens is 490 g/mol. The molecule has 204 valence electrons. The normalized spacial score (nSPS) is 17.5. The van der Waals surface area contributed by atoms with E-state index in [1.54, 1.807) is 12.1 Å². The first-order chi connectivity index (χ1) is 19.0. The number of benzene rings is 3. The first-order valence-corrected chi connectivity index (χ1v) is 13.8. The molecule has 3 amide bonds. The highest BCUT2D eigenvalue weighted by Crippen LogP contribution is 2.25. The zero-order valence-corrected chi connectivity index (χ0v) is 22.5. The molecule has 0 aromatic heterocycles. The topological polar surface area (TPSA) is 77.2 Å². The molecule has 0 radical (unpaired) electrons. The zero-order chi connectivity index (χ0) is 27.0. The van der Waals surface area contributed by atoms with Gasteiger partial charge < -0.3 is 25.2 Å². The average Bonchev–Trinajstić information content (AvgIpc) is 3.45. The summed E-state index contributed by atoms with van der Waals surface area (Å²) in [5.41, 5.74) is 2.48. The first kappa shape index (κ1) is 26.6. The van der Waals surface area contributed by atoms with Crippen LogP contribution in [0.1, 0.15) is 25.7 Å². The molecule has 0 aliphatic carbocycles. The largest absolute Gasteiger partial charge is 0.457 e. The predicted octanol–water partition coefficient (Wildman–Crippen LogP) is 5.65. The summed E-state index contributed by atoms with van der Waals surface area (Å²) in [5.74, 6) is 1.68. The Kier molecular flexibility index (Phi) is 8.63.